The molecule has 140 valence electrons. The topological polar surface area (TPSA) is 93.9 Å². The van der Waals surface area contributed by atoms with Crippen molar-refractivity contribution in [3.8, 4) is 0 Å². The number of carbonyl (C=O) groups is 2. The Bertz CT molecular complexity index is 981. The van der Waals surface area contributed by atoms with Crippen LogP contribution in [0.4, 0.5) is 0 Å². The molecule has 0 aliphatic carbocycles. The van der Waals surface area contributed by atoms with Gasteiger partial charge in [0.25, 0.3) is 5.91 Å². The lowest BCUT2D eigenvalue weighted by molar-refractivity contribution is -0.134. The smallest absolute Gasteiger partial charge is 0.375 e. The normalized spacial score (nSPS) is 18.8. The summed E-state index contributed by atoms with van der Waals surface area (Å²) in [6.45, 7) is 1.22. The number of hydrogen-bond acceptors (Lipinski definition) is 6. The highest BCUT2D eigenvalue weighted by molar-refractivity contribution is 7.91. The number of fused-ring (bicyclic) bond motifs is 1. The maximum Gasteiger partial charge on any atom is 0.375 e. The van der Waals surface area contributed by atoms with Gasteiger partial charge in [-0.3, -0.25) is 4.79 Å². The second-order valence-corrected chi connectivity index (χ2v) is 9.00. The van der Waals surface area contributed by atoms with Crippen LogP contribution in [0.15, 0.2) is 22.6 Å². The van der Waals surface area contributed by atoms with Crippen LogP contribution >= 0.6 is 11.6 Å². The molecule has 7 nitrogen and oxygen atoms in total. The number of hydrogen-bond donors (Lipinski definition) is 0. The monoisotopic (exact) mass is 399 g/mol. The summed E-state index contributed by atoms with van der Waals surface area (Å²) < 4.78 is 33.6. The highest BCUT2D eigenvalue weighted by atomic mass is 35.5. The van der Waals surface area contributed by atoms with Gasteiger partial charge in [0.2, 0.25) is 5.76 Å². The van der Waals surface area contributed by atoms with Gasteiger partial charge >= 0.3 is 5.97 Å². The maximum absolute atomic E-state index is 12.3. The van der Waals surface area contributed by atoms with Gasteiger partial charge < -0.3 is 14.1 Å². The number of carbonyl (C=O) groups excluding carboxylic acids is 2. The first kappa shape index (κ1) is 18.7. The summed E-state index contributed by atoms with van der Waals surface area (Å²) in [5.74, 6) is -1.20. The average Bonchev–Trinajstić information content (AvgIpc) is 3.11. The molecule has 1 amide bonds. The molecule has 0 radical (unpaired) electrons. The number of halogens is 1. The number of aryl methyl sites for hydroxylation is 1. The van der Waals surface area contributed by atoms with E-state index in [1.807, 2.05) is 0 Å². The van der Waals surface area contributed by atoms with E-state index in [1.54, 1.807) is 25.1 Å². The maximum atomic E-state index is 12.3. The molecule has 1 aliphatic rings. The van der Waals surface area contributed by atoms with Gasteiger partial charge in [-0.05, 0) is 31.5 Å². The third kappa shape index (κ3) is 3.71. The van der Waals surface area contributed by atoms with Crippen LogP contribution in [0.25, 0.3) is 11.0 Å². The summed E-state index contributed by atoms with van der Waals surface area (Å²) >= 11 is 5.95. The molecule has 1 saturated heterocycles. The molecule has 0 saturated carbocycles. The largest absolute Gasteiger partial charge is 0.450 e. The van der Waals surface area contributed by atoms with Crippen molar-refractivity contribution in [2.24, 2.45) is 0 Å². The molecule has 1 aromatic carbocycles. The number of likely N-dealkylation sites (N-methyl/N-ethyl adjacent to an activating group) is 1. The quantitative estimate of drug-likeness (QED) is 0.731. The molecule has 1 atom stereocenters. The zero-order chi connectivity index (χ0) is 19.1. The number of esters is 1. The fourth-order valence-corrected chi connectivity index (χ4v) is 4.91. The minimum Gasteiger partial charge on any atom is -0.450 e. The predicted octanol–water partition coefficient (Wildman–Crippen LogP) is 2.20. The predicted molar refractivity (Wildman–Crippen MR) is 96.1 cm³/mol. The minimum absolute atomic E-state index is 0.0150. The number of amides is 1. The van der Waals surface area contributed by atoms with E-state index < -0.39 is 28.3 Å². The standard InChI is InChI=1S/C17H18ClNO6S/c1-10-13-7-11(18)3-4-14(13)25-16(10)17(21)24-8-15(20)19(2)12-5-6-26(22,23)9-12/h3-4,7,12H,5-6,8-9H2,1-2H3. The van der Waals surface area contributed by atoms with E-state index >= 15 is 0 Å². The summed E-state index contributed by atoms with van der Waals surface area (Å²) in [6.07, 6.45) is 0.391. The van der Waals surface area contributed by atoms with Crippen LogP contribution in [0.5, 0.6) is 0 Å². The Balaban J connectivity index is 1.65. The van der Waals surface area contributed by atoms with E-state index in [9.17, 15) is 18.0 Å². The van der Waals surface area contributed by atoms with Gasteiger partial charge in [-0.1, -0.05) is 11.6 Å². The molecule has 2 aromatic rings. The zero-order valence-corrected chi connectivity index (χ0v) is 15.9. The van der Waals surface area contributed by atoms with Crippen LogP contribution in [0.1, 0.15) is 22.5 Å². The SMILES string of the molecule is Cc1c(C(=O)OCC(=O)N(C)C2CCS(=O)(=O)C2)oc2ccc(Cl)cc12. The molecule has 26 heavy (non-hydrogen) atoms. The van der Waals surface area contributed by atoms with E-state index in [0.29, 0.717) is 28.0 Å². The van der Waals surface area contributed by atoms with Gasteiger partial charge in [0, 0.05) is 29.1 Å². The van der Waals surface area contributed by atoms with Crippen molar-refractivity contribution < 1.29 is 27.2 Å². The fraction of sp³-hybridized carbons (Fsp3) is 0.412. The van der Waals surface area contributed by atoms with Crippen molar-refractivity contribution in [2.75, 3.05) is 25.2 Å². The number of sulfone groups is 1. The molecule has 1 unspecified atom stereocenters. The first-order valence-electron chi connectivity index (χ1n) is 8.00. The molecule has 1 aliphatic heterocycles. The van der Waals surface area contributed by atoms with E-state index in [1.165, 1.54) is 11.9 Å². The third-order valence-corrected chi connectivity index (χ3v) is 6.55. The van der Waals surface area contributed by atoms with Crippen molar-refractivity contribution in [2.45, 2.75) is 19.4 Å². The van der Waals surface area contributed by atoms with Crippen molar-refractivity contribution in [3.63, 3.8) is 0 Å². The third-order valence-electron chi connectivity index (χ3n) is 4.56. The van der Waals surface area contributed by atoms with Crippen LogP contribution in [0.3, 0.4) is 0 Å². The van der Waals surface area contributed by atoms with Gasteiger partial charge in [-0.2, -0.15) is 0 Å². The van der Waals surface area contributed by atoms with Crippen molar-refractivity contribution in [1.29, 1.82) is 0 Å². The first-order chi connectivity index (χ1) is 12.2. The molecule has 0 N–H and O–H groups in total. The molecule has 2 heterocycles. The van der Waals surface area contributed by atoms with Crippen molar-refractivity contribution in [3.05, 3.63) is 34.5 Å². The van der Waals surface area contributed by atoms with E-state index in [0.717, 1.165) is 0 Å². The van der Waals surface area contributed by atoms with Gasteiger partial charge in [0.15, 0.2) is 16.4 Å². The molecule has 3 rings (SSSR count). The summed E-state index contributed by atoms with van der Waals surface area (Å²) in [6, 6.07) is 4.60. The van der Waals surface area contributed by atoms with Gasteiger partial charge in [0.05, 0.1) is 11.5 Å². The summed E-state index contributed by atoms with van der Waals surface area (Å²) in [7, 11) is -1.59. The Hall–Kier alpha value is -2.06. The molecule has 9 heteroatoms. The van der Waals surface area contributed by atoms with Crippen LogP contribution < -0.4 is 0 Å². The highest BCUT2D eigenvalue weighted by Crippen LogP contribution is 2.28. The molecular weight excluding hydrogens is 382 g/mol. The average molecular weight is 400 g/mol. The molecule has 1 aromatic heterocycles. The Morgan fingerprint density at radius 3 is 2.77 bits per heavy atom. The Kier molecular flexibility index (Phi) is 4.98. The summed E-state index contributed by atoms with van der Waals surface area (Å²) in [5.41, 5.74) is 1.08. The second-order valence-electron chi connectivity index (χ2n) is 6.33. The van der Waals surface area contributed by atoms with Gasteiger partial charge in [-0.25, -0.2) is 13.2 Å². The van der Waals surface area contributed by atoms with Crippen LogP contribution in [-0.4, -0.2) is 56.4 Å². The minimum atomic E-state index is -3.10. The van der Waals surface area contributed by atoms with Crippen LogP contribution in [0, 0.1) is 6.92 Å². The van der Waals surface area contributed by atoms with E-state index in [4.69, 9.17) is 20.8 Å². The van der Waals surface area contributed by atoms with Crippen molar-refractivity contribution >= 4 is 44.3 Å². The lowest BCUT2D eigenvalue weighted by Gasteiger charge is -2.23. The molecular formula is C17H18ClNO6S. The number of rotatable bonds is 4. The number of nitrogens with zero attached hydrogens (tertiary/aromatic N) is 1. The molecule has 0 spiro atoms. The van der Waals surface area contributed by atoms with Crippen molar-refractivity contribution in [1.82, 2.24) is 4.90 Å². The number of ether oxygens (including phenoxy) is 1. The van der Waals surface area contributed by atoms with Gasteiger partial charge in [-0.15, -0.1) is 0 Å². The van der Waals surface area contributed by atoms with Gasteiger partial charge in [0.1, 0.15) is 5.58 Å². The lowest BCUT2D eigenvalue weighted by atomic mass is 10.1. The first-order valence-corrected chi connectivity index (χ1v) is 10.2. The summed E-state index contributed by atoms with van der Waals surface area (Å²) in [5, 5.41) is 1.22. The Morgan fingerprint density at radius 2 is 2.12 bits per heavy atom. The number of benzene rings is 1. The van der Waals surface area contributed by atoms with Crippen LogP contribution in [0.2, 0.25) is 5.02 Å². The lowest BCUT2D eigenvalue weighted by Crippen LogP contribution is -2.40. The second kappa shape index (κ2) is 6.92. The number of furan rings is 1. The van der Waals surface area contributed by atoms with E-state index in [-0.39, 0.29) is 23.3 Å². The zero-order valence-electron chi connectivity index (χ0n) is 14.3. The molecule has 0 bridgehead atoms. The highest BCUT2D eigenvalue weighted by Gasteiger charge is 2.33. The Morgan fingerprint density at radius 1 is 1.38 bits per heavy atom. The summed E-state index contributed by atoms with van der Waals surface area (Å²) in [4.78, 5) is 25.8. The fourth-order valence-electron chi connectivity index (χ4n) is 2.97. The Labute approximate surface area is 155 Å². The molecule has 1 fully saturated rings. The van der Waals surface area contributed by atoms with Crippen LogP contribution in [-0.2, 0) is 19.4 Å². The van der Waals surface area contributed by atoms with E-state index in [2.05, 4.69) is 0 Å².